The molecule has 0 fully saturated rings. The fourth-order valence-electron chi connectivity index (χ4n) is 2.20. The van der Waals surface area contributed by atoms with Crippen LogP contribution in [0.5, 0.6) is 0 Å². The first-order valence-electron chi connectivity index (χ1n) is 7.53. The van der Waals surface area contributed by atoms with Gasteiger partial charge in [-0.3, -0.25) is 0 Å². The Labute approximate surface area is 135 Å². The fraction of sp³-hybridized carbons (Fsp3) is 0.278. The van der Waals surface area contributed by atoms with Crippen molar-refractivity contribution >= 4 is 6.03 Å². The predicted octanol–water partition coefficient (Wildman–Crippen LogP) is 3.23. The summed E-state index contributed by atoms with van der Waals surface area (Å²) in [5.41, 5.74) is 2.88. The van der Waals surface area contributed by atoms with Crippen molar-refractivity contribution < 1.29 is 14.3 Å². The number of aliphatic hydroxyl groups excluding tert-OH is 1. The Kier molecular flexibility index (Phi) is 5.71. The molecular formula is C18H21FN2O2. The zero-order valence-corrected chi connectivity index (χ0v) is 13.2. The number of amides is 2. The molecule has 0 heterocycles. The summed E-state index contributed by atoms with van der Waals surface area (Å²) in [7, 11) is 0. The lowest BCUT2D eigenvalue weighted by atomic mass is 10.0. The average molecular weight is 316 g/mol. The van der Waals surface area contributed by atoms with E-state index in [1.54, 1.807) is 19.1 Å². The highest BCUT2D eigenvalue weighted by molar-refractivity contribution is 5.74. The first-order chi connectivity index (χ1) is 11.0. The van der Waals surface area contributed by atoms with Crippen LogP contribution < -0.4 is 10.6 Å². The number of hydrogen-bond donors (Lipinski definition) is 3. The summed E-state index contributed by atoms with van der Waals surface area (Å²) in [6, 6.07) is 13.3. The first kappa shape index (κ1) is 17.0. The van der Waals surface area contributed by atoms with Gasteiger partial charge in [-0.1, -0.05) is 36.4 Å². The van der Waals surface area contributed by atoms with Gasteiger partial charge in [0.25, 0.3) is 0 Å². The summed E-state index contributed by atoms with van der Waals surface area (Å²) >= 11 is 0. The molecule has 0 saturated heterocycles. The molecule has 0 aliphatic carbocycles. The standard InChI is InChI=1S/C18H21FN2O2/c1-12(11-22)20-18(23)21-13(2)14-3-5-15(6-4-14)16-7-9-17(19)10-8-16/h3-10,12-13,22H,11H2,1-2H3,(H2,20,21,23). The Morgan fingerprint density at radius 3 is 2.04 bits per heavy atom. The maximum atomic E-state index is 12.9. The molecular weight excluding hydrogens is 295 g/mol. The van der Waals surface area contributed by atoms with E-state index in [0.717, 1.165) is 16.7 Å². The van der Waals surface area contributed by atoms with E-state index in [2.05, 4.69) is 10.6 Å². The van der Waals surface area contributed by atoms with Crippen molar-refractivity contribution in [3.8, 4) is 11.1 Å². The molecule has 0 spiro atoms. The second-order valence-electron chi connectivity index (χ2n) is 5.55. The van der Waals surface area contributed by atoms with E-state index < -0.39 is 0 Å². The SMILES string of the molecule is CC(CO)NC(=O)NC(C)c1ccc(-c2ccc(F)cc2)cc1. The third kappa shape index (κ3) is 4.79. The van der Waals surface area contributed by atoms with Crippen LogP contribution in [0, 0.1) is 5.82 Å². The van der Waals surface area contributed by atoms with Gasteiger partial charge in [0.1, 0.15) is 5.82 Å². The summed E-state index contributed by atoms with van der Waals surface area (Å²) in [6.45, 7) is 3.51. The average Bonchev–Trinajstić information content (AvgIpc) is 2.55. The van der Waals surface area contributed by atoms with Crippen LogP contribution in [0.15, 0.2) is 48.5 Å². The van der Waals surface area contributed by atoms with Crippen molar-refractivity contribution in [2.24, 2.45) is 0 Å². The van der Waals surface area contributed by atoms with E-state index in [1.807, 2.05) is 31.2 Å². The minimum atomic E-state index is -0.318. The number of carbonyl (C=O) groups excluding carboxylic acids is 1. The third-order valence-electron chi connectivity index (χ3n) is 3.59. The number of aliphatic hydroxyl groups is 1. The van der Waals surface area contributed by atoms with Gasteiger partial charge in [0.15, 0.2) is 0 Å². The maximum absolute atomic E-state index is 12.9. The molecule has 2 atom stereocenters. The molecule has 2 rings (SSSR count). The molecule has 0 aliphatic heterocycles. The first-order valence-corrected chi connectivity index (χ1v) is 7.53. The molecule has 122 valence electrons. The second-order valence-corrected chi connectivity index (χ2v) is 5.55. The lowest BCUT2D eigenvalue weighted by Gasteiger charge is -2.17. The quantitative estimate of drug-likeness (QED) is 0.793. The second kappa shape index (κ2) is 7.74. The number of hydrogen-bond acceptors (Lipinski definition) is 2. The molecule has 0 aliphatic rings. The van der Waals surface area contributed by atoms with Crippen LogP contribution in [-0.4, -0.2) is 23.8 Å². The minimum Gasteiger partial charge on any atom is -0.394 e. The van der Waals surface area contributed by atoms with Gasteiger partial charge in [0.05, 0.1) is 18.7 Å². The monoisotopic (exact) mass is 316 g/mol. The molecule has 4 nitrogen and oxygen atoms in total. The molecule has 2 aromatic rings. The Morgan fingerprint density at radius 2 is 1.52 bits per heavy atom. The molecule has 3 N–H and O–H groups in total. The Morgan fingerprint density at radius 1 is 1.00 bits per heavy atom. The van der Waals surface area contributed by atoms with Gasteiger partial charge in [0, 0.05) is 0 Å². The summed E-state index contributed by atoms with van der Waals surface area (Å²) in [6.07, 6.45) is 0. The molecule has 0 bridgehead atoms. The smallest absolute Gasteiger partial charge is 0.315 e. The largest absolute Gasteiger partial charge is 0.394 e. The highest BCUT2D eigenvalue weighted by atomic mass is 19.1. The van der Waals surface area contributed by atoms with Crippen LogP contribution in [0.2, 0.25) is 0 Å². The van der Waals surface area contributed by atoms with E-state index in [4.69, 9.17) is 5.11 Å². The van der Waals surface area contributed by atoms with Crippen LogP contribution >= 0.6 is 0 Å². The zero-order valence-electron chi connectivity index (χ0n) is 13.2. The van der Waals surface area contributed by atoms with Crippen LogP contribution in [-0.2, 0) is 0 Å². The molecule has 2 unspecified atom stereocenters. The molecule has 0 saturated carbocycles. The number of rotatable bonds is 5. The molecule has 2 amide bonds. The van der Waals surface area contributed by atoms with Crippen molar-refractivity contribution in [1.82, 2.24) is 10.6 Å². The van der Waals surface area contributed by atoms with Crippen molar-refractivity contribution in [1.29, 1.82) is 0 Å². The van der Waals surface area contributed by atoms with Crippen molar-refractivity contribution in [2.75, 3.05) is 6.61 Å². The normalized spacial score (nSPS) is 13.2. The number of urea groups is 1. The fourth-order valence-corrected chi connectivity index (χ4v) is 2.20. The molecule has 0 radical (unpaired) electrons. The summed E-state index contributed by atoms with van der Waals surface area (Å²) < 4.78 is 12.9. The van der Waals surface area contributed by atoms with Gasteiger partial charge >= 0.3 is 6.03 Å². The van der Waals surface area contributed by atoms with Gasteiger partial charge in [0.2, 0.25) is 0 Å². The van der Waals surface area contributed by atoms with Crippen molar-refractivity contribution in [3.05, 3.63) is 59.9 Å². The topological polar surface area (TPSA) is 61.4 Å². The highest BCUT2D eigenvalue weighted by Gasteiger charge is 2.11. The lowest BCUT2D eigenvalue weighted by molar-refractivity contribution is 0.218. The van der Waals surface area contributed by atoms with Gasteiger partial charge in [-0.05, 0) is 42.7 Å². The van der Waals surface area contributed by atoms with E-state index >= 15 is 0 Å². The number of halogens is 1. The minimum absolute atomic E-state index is 0.103. The molecule has 23 heavy (non-hydrogen) atoms. The molecule has 5 heteroatoms. The Bertz CT molecular complexity index is 641. The van der Waals surface area contributed by atoms with E-state index in [-0.39, 0.29) is 30.5 Å². The van der Waals surface area contributed by atoms with Gasteiger partial charge in [-0.15, -0.1) is 0 Å². The van der Waals surface area contributed by atoms with Gasteiger partial charge in [-0.2, -0.15) is 0 Å². The third-order valence-corrected chi connectivity index (χ3v) is 3.59. The van der Waals surface area contributed by atoms with Gasteiger partial charge in [-0.25, -0.2) is 9.18 Å². The van der Waals surface area contributed by atoms with Crippen LogP contribution in [0.3, 0.4) is 0 Å². The number of nitrogens with one attached hydrogen (secondary N) is 2. The van der Waals surface area contributed by atoms with E-state index in [9.17, 15) is 9.18 Å². The summed E-state index contributed by atoms with van der Waals surface area (Å²) in [5, 5.41) is 14.4. The van der Waals surface area contributed by atoms with Crippen LogP contribution in [0.1, 0.15) is 25.5 Å². The van der Waals surface area contributed by atoms with Crippen LogP contribution in [0.4, 0.5) is 9.18 Å². The summed E-state index contributed by atoms with van der Waals surface area (Å²) in [4.78, 5) is 11.7. The number of benzene rings is 2. The van der Waals surface area contributed by atoms with Gasteiger partial charge < -0.3 is 15.7 Å². The van der Waals surface area contributed by atoms with E-state index in [0.29, 0.717) is 0 Å². The van der Waals surface area contributed by atoms with E-state index in [1.165, 1.54) is 12.1 Å². The summed E-state index contributed by atoms with van der Waals surface area (Å²) in [5.74, 6) is -0.258. The molecule has 2 aromatic carbocycles. The maximum Gasteiger partial charge on any atom is 0.315 e. The highest BCUT2D eigenvalue weighted by Crippen LogP contribution is 2.22. The predicted molar refractivity (Wildman–Crippen MR) is 88.5 cm³/mol. The lowest BCUT2D eigenvalue weighted by Crippen LogP contribution is -2.43. The van der Waals surface area contributed by atoms with Crippen molar-refractivity contribution in [2.45, 2.75) is 25.9 Å². The van der Waals surface area contributed by atoms with Crippen molar-refractivity contribution in [3.63, 3.8) is 0 Å². The molecule has 0 aromatic heterocycles. The Balaban J connectivity index is 2.01. The number of carbonyl (C=O) groups is 1. The van der Waals surface area contributed by atoms with Crippen LogP contribution in [0.25, 0.3) is 11.1 Å². The zero-order chi connectivity index (χ0) is 16.8. The Hall–Kier alpha value is -2.40.